The van der Waals surface area contributed by atoms with Gasteiger partial charge in [0.15, 0.2) is 0 Å². The van der Waals surface area contributed by atoms with Crippen molar-refractivity contribution in [3.05, 3.63) is 71.5 Å². The van der Waals surface area contributed by atoms with E-state index in [1.54, 1.807) is 0 Å². The van der Waals surface area contributed by atoms with E-state index in [-0.39, 0.29) is 11.7 Å². The van der Waals surface area contributed by atoms with E-state index in [1.165, 1.54) is 24.3 Å². The van der Waals surface area contributed by atoms with Crippen LogP contribution in [-0.4, -0.2) is 17.6 Å². The first-order valence-electron chi connectivity index (χ1n) is 6.43. The molecule has 0 aromatic heterocycles. The van der Waals surface area contributed by atoms with E-state index in [1.807, 2.05) is 30.3 Å². The minimum absolute atomic E-state index is 0.273. The van der Waals surface area contributed by atoms with Gasteiger partial charge in [-0.3, -0.25) is 4.79 Å². The monoisotopic (exact) mass is 273 g/mol. The van der Waals surface area contributed by atoms with Gasteiger partial charge < -0.3 is 10.4 Å². The van der Waals surface area contributed by atoms with Crippen LogP contribution in [0.25, 0.3) is 0 Å². The molecule has 0 saturated heterocycles. The molecule has 2 N–H and O–H groups in total. The number of aliphatic hydroxyl groups is 1. The Morgan fingerprint density at radius 1 is 1.10 bits per heavy atom. The number of hydrogen-bond acceptors (Lipinski definition) is 2. The number of halogens is 1. The van der Waals surface area contributed by atoms with Gasteiger partial charge in [0.25, 0.3) is 5.91 Å². The van der Waals surface area contributed by atoms with Crippen molar-refractivity contribution in [3.8, 4) is 0 Å². The highest BCUT2D eigenvalue weighted by Gasteiger charge is 2.09. The van der Waals surface area contributed by atoms with E-state index in [2.05, 4.69) is 5.32 Å². The Hall–Kier alpha value is -2.20. The Bertz CT molecular complexity index is 554. The maximum Gasteiger partial charge on any atom is 0.251 e. The first-order chi connectivity index (χ1) is 9.66. The zero-order chi connectivity index (χ0) is 14.4. The first-order valence-corrected chi connectivity index (χ1v) is 6.43. The molecule has 2 aromatic carbocycles. The third-order valence-electron chi connectivity index (χ3n) is 2.99. The fraction of sp³-hybridized carbons (Fsp3) is 0.188. The Morgan fingerprint density at radius 2 is 1.75 bits per heavy atom. The quantitative estimate of drug-likeness (QED) is 0.880. The molecule has 3 nitrogen and oxygen atoms in total. The van der Waals surface area contributed by atoms with Crippen molar-refractivity contribution < 1.29 is 14.3 Å². The van der Waals surface area contributed by atoms with Gasteiger partial charge in [0.1, 0.15) is 5.82 Å². The molecule has 1 unspecified atom stereocenters. The van der Waals surface area contributed by atoms with Crippen molar-refractivity contribution in [1.29, 1.82) is 0 Å². The summed E-state index contributed by atoms with van der Waals surface area (Å²) in [6.45, 7) is 0.353. The van der Waals surface area contributed by atoms with Gasteiger partial charge in [-0.05, 0) is 36.2 Å². The van der Waals surface area contributed by atoms with Crippen LogP contribution in [0.3, 0.4) is 0 Å². The maximum atomic E-state index is 12.7. The van der Waals surface area contributed by atoms with E-state index in [4.69, 9.17) is 0 Å². The van der Waals surface area contributed by atoms with Gasteiger partial charge in [-0.15, -0.1) is 0 Å². The Labute approximate surface area is 117 Å². The van der Waals surface area contributed by atoms with Crippen LogP contribution in [0, 0.1) is 5.82 Å². The average Bonchev–Trinajstić information content (AvgIpc) is 2.48. The number of rotatable bonds is 5. The molecule has 0 bridgehead atoms. The van der Waals surface area contributed by atoms with Crippen LogP contribution >= 0.6 is 0 Å². The summed E-state index contributed by atoms with van der Waals surface area (Å²) in [5.41, 5.74) is 1.23. The number of benzene rings is 2. The Kier molecular flexibility index (Phi) is 4.85. The summed E-state index contributed by atoms with van der Waals surface area (Å²) in [5.74, 6) is -0.647. The molecule has 104 valence electrons. The molecule has 1 atom stereocenters. The van der Waals surface area contributed by atoms with Crippen LogP contribution in [0.2, 0.25) is 0 Å². The van der Waals surface area contributed by atoms with Crippen LogP contribution < -0.4 is 5.32 Å². The molecule has 0 aliphatic rings. The van der Waals surface area contributed by atoms with Crippen LogP contribution in [0.4, 0.5) is 4.39 Å². The minimum atomic E-state index is -0.607. The molecule has 0 fully saturated rings. The lowest BCUT2D eigenvalue weighted by Crippen LogP contribution is -2.25. The maximum absolute atomic E-state index is 12.7. The predicted molar refractivity (Wildman–Crippen MR) is 74.8 cm³/mol. The standard InChI is InChI=1S/C16H16FNO2/c17-14-8-6-13(7-9-14)16(20)18-11-10-15(19)12-4-2-1-3-5-12/h1-9,15,19H,10-11H2,(H,18,20). The van der Waals surface area contributed by atoms with E-state index in [0.29, 0.717) is 18.5 Å². The summed E-state index contributed by atoms with van der Waals surface area (Å²) in [7, 11) is 0. The average molecular weight is 273 g/mol. The number of carbonyl (C=O) groups excluding carboxylic acids is 1. The van der Waals surface area contributed by atoms with E-state index >= 15 is 0 Å². The summed E-state index contributed by atoms with van der Waals surface area (Å²) < 4.78 is 12.7. The SMILES string of the molecule is O=C(NCCC(O)c1ccccc1)c1ccc(F)cc1. The van der Waals surface area contributed by atoms with Crippen LogP contribution in [-0.2, 0) is 0 Å². The van der Waals surface area contributed by atoms with Crippen molar-refractivity contribution in [1.82, 2.24) is 5.32 Å². The second-order valence-corrected chi connectivity index (χ2v) is 4.48. The molecular weight excluding hydrogens is 257 g/mol. The lowest BCUT2D eigenvalue weighted by atomic mass is 10.1. The van der Waals surface area contributed by atoms with Gasteiger partial charge in [0.05, 0.1) is 6.10 Å². The number of nitrogens with one attached hydrogen (secondary N) is 1. The zero-order valence-electron chi connectivity index (χ0n) is 10.9. The van der Waals surface area contributed by atoms with Gasteiger partial charge in [-0.2, -0.15) is 0 Å². The molecule has 0 aliphatic heterocycles. The number of hydrogen-bond donors (Lipinski definition) is 2. The number of amides is 1. The first kappa shape index (κ1) is 14.2. The van der Waals surface area contributed by atoms with E-state index < -0.39 is 6.10 Å². The smallest absolute Gasteiger partial charge is 0.251 e. The molecular formula is C16H16FNO2. The normalized spacial score (nSPS) is 11.9. The van der Waals surface area contributed by atoms with Gasteiger partial charge in [0, 0.05) is 12.1 Å². The second-order valence-electron chi connectivity index (χ2n) is 4.48. The summed E-state index contributed by atoms with van der Waals surface area (Å²) in [5, 5.41) is 12.6. The molecule has 20 heavy (non-hydrogen) atoms. The molecule has 0 spiro atoms. The fourth-order valence-electron chi connectivity index (χ4n) is 1.87. The minimum Gasteiger partial charge on any atom is -0.388 e. The summed E-state index contributed by atoms with van der Waals surface area (Å²) >= 11 is 0. The summed E-state index contributed by atoms with van der Waals surface area (Å²) in [4.78, 5) is 11.8. The van der Waals surface area contributed by atoms with E-state index in [9.17, 15) is 14.3 Å². The Morgan fingerprint density at radius 3 is 2.40 bits per heavy atom. The van der Waals surface area contributed by atoms with Gasteiger partial charge in [-0.1, -0.05) is 30.3 Å². The molecule has 0 radical (unpaired) electrons. The van der Waals surface area contributed by atoms with Crippen molar-refractivity contribution in [3.63, 3.8) is 0 Å². The molecule has 2 aromatic rings. The molecule has 0 aliphatic carbocycles. The van der Waals surface area contributed by atoms with Crippen molar-refractivity contribution in [2.24, 2.45) is 0 Å². The van der Waals surface area contributed by atoms with E-state index in [0.717, 1.165) is 5.56 Å². The second kappa shape index (κ2) is 6.82. The predicted octanol–water partition coefficient (Wildman–Crippen LogP) is 2.68. The van der Waals surface area contributed by atoms with Gasteiger partial charge in [-0.25, -0.2) is 4.39 Å². The third-order valence-corrected chi connectivity index (χ3v) is 2.99. The van der Waals surface area contributed by atoms with Crippen LogP contribution in [0.15, 0.2) is 54.6 Å². The zero-order valence-corrected chi connectivity index (χ0v) is 10.9. The lowest BCUT2D eigenvalue weighted by Gasteiger charge is -2.11. The molecule has 0 saturated carbocycles. The Balaban J connectivity index is 1.81. The third kappa shape index (κ3) is 3.90. The van der Waals surface area contributed by atoms with Crippen molar-refractivity contribution in [2.45, 2.75) is 12.5 Å². The van der Waals surface area contributed by atoms with Crippen molar-refractivity contribution in [2.75, 3.05) is 6.54 Å². The number of carbonyl (C=O) groups is 1. The van der Waals surface area contributed by atoms with Crippen LogP contribution in [0.5, 0.6) is 0 Å². The molecule has 1 amide bonds. The highest BCUT2D eigenvalue weighted by molar-refractivity contribution is 5.94. The molecule has 4 heteroatoms. The highest BCUT2D eigenvalue weighted by atomic mass is 19.1. The van der Waals surface area contributed by atoms with Gasteiger partial charge in [0.2, 0.25) is 0 Å². The molecule has 0 heterocycles. The largest absolute Gasteiger partial charge is 0.388 e. The van der Waals surface area contributed by atoms with Crippen LogP contribution in [0.1, 0.15) is 28.4 Å². The fourth-order valence-corrected chi connectivity index (χ4v) is 1.87. The summed E-state index contributed by atoms with van der Waals surface area (Å²) in [6.07, 6.45) is -0.179. The lowest BCUT2D eigenvalue weighted by molar-refractivity contribution is 0.0942. The van der Waals surface area contributed by atoms with Gasteiger partial charge >= 0.3 is 0 Å². The summed E-state index contributed by atoms with van der Waals surface area (Å²) in [6, 6.07) is 14.6. The highest BCUT2D eigenvalue weighted by Crippen LogP contribution is 2.15. The van der Waals surface area contributed by atoms with Crippen molar-refractivity contribution >= 4 is 5.91 Å². The number of aliphatic hydroxyl groups excluding tert-OH is 1. The molecule has 2 rings (SSSR count). The topological polar surface area (TPSA) is 49.3 Å².